The number of ether oxygens (including phenoxy) is 1. The smallest absolute Gasteiger partial charge is 0.274 e. The number of carbonyl (C=O) groups is 1. The molecule has 1 aromatic heterocycles. The van der Waals surface area contributed by atoms with Gasteiger partial charge in [-0.1, -0.05) is 17.7 Å². The zero-order chi connectivity index (χ0) is 16.2. The molecule has 23 heavy (non-hydrogen) atoms. The van der Waals surface area contributed by atoms with Gasteiger partial charge in [0.05, 0.1) is 12.1 Å². The Morgan fingerprint density at radius 3 is 2.74 bits per heavy atom. The van der Waals surface area contributed by atoms with Gasteiger partial charge >= 0.3 is 0 Å². The molecule has 0 radical (unpaired) electrons. The van der Waals surface area contributed by atoms with Gasteiger partial charge in [-0.2, -0.15) is 0 Å². The predicted octanol–water partition coefficient (Wildman–Crippen LogP) is 3.60. The van der Waals surface area contributed by atoms with Crippen molar-refractivity contribution in [2.75, 3.05) is 30.4 Å². The molecule has 0 unspecified atom stereocenters. The summed E-state index contributed by atoms with van der Waals surface area (Å²) in [4.78, 5) is 19.0. The standard InChI is InChI=1S/C17H18ClN3O2/c1-23-15-8-7-12(11-13(15)18)19-17(22)14-5-4-6-16(20-14)21-9-2-3-10-21/h4-8,11H,2-3,9-10H2,1H3,(H,19,22). The summed E-state index contributed by atoms with van der Waals surface area (Å²) in [5, 5.41) is 3.26. The van der Waals surface area contributed by atoms with Gasteiger partial charge in [0.25, 0.3) is 5.91 Å². The number of aromatic nitrogens is 1. The van der Waals surface area contributed by atoms with Crippen molar-refractivity contribution < 1.29 is 9.53 Å². The van der Waals surface area contributed by atoms with E-state index in [4.69, 9.17) is 16.3 Å². The fraction of sp³-hybridized carbons (Fsp3) is 0.294. The molecule has 5 nitrogen and oxygen atoms in total. The number of hydrogen-bond donors (Lipinski definition) is 1. The molecule has 3 rings (SSSR count). The molecule has 120 valence electrons. The second-order valence-electron chi connectivity index (χ2n) is 5.38. The summed E-state index contributed by atoms with van der Waals surface area (Å²) in [6, 6.07) is 10.6. The van der Waals surface area contributed by atoms with Crippen LogP contribution in [0.1, 0.15) is 23.3 Å². The van der Waals surface area contributed by atoms with E-state index in [0.717, 1.165) is 18.9 Å². The van der Waals surface area contributed by atoms with Crippen LogP contribution in [0.3, 0.4) is 0 Å². The van der Waals surface area contributed by atoms with Gasteiger partial charge in [0, 0.05) is 18.8 Å². The second-order valence-corrected chi connectivity index (χ2v) is 5.79. The van der Waals surface area contributed by atoms with Crippen LogP contribution in [0.25, 0.3) is 0 Å². The molecule has 1 aliphatic rings. The van der Waals surface area contributed by atoms with E-state index >= 15 is 0 Å². The Morgan fingerprint density at radius 2 is 2.04 bits per heavy atom. The minimum absolute atomic E-state index is 0.257. The maximum atomic E-state index is 12.4. The summed E-state index contributed by atoms with van der Waals surface area (Å²) in [5.74, 6) is 1.16. The van der Waals surface area contributed by atoms with Crippen LogP contribution in [0.5, 0.6) is 5.75 Å². The summed E-state index contributed by atoms with van der Waals surface area (Å²) in [6.07, 6.45) is 2.34. The number of anilines is 2. The van der Waals surface area contributed by atoms with Crippen LogP contribution in [0.4, 0.5) is 11.5 Å². The average molecular weight is 332 g/mol. The van der Waals surface area contributed by atoms with E-state index < -0.39 is 0 Å². The highest BCUT2D eigenvalue weighted by Crippen LogP contribution is 2.27. The molecular formula is C17H18ClN3O2. The van der Waals surface area contributed by atoms with E-state index in [1.54, 1.807) is 31.4 Å². The van der Waals surface area contributed by atoms with Crippen LogP contribution < -0.4 is 15.0 Å². The van der Waals surface area contributed by atoms with E-state index in [1.165, 1.54) is 12.8 Å². The summed E-state index contributed by atoms with van der Waals surface area (Å²) in [5.41, 5.74) is 0.996. The SMILES string of the molecule is COc1ccc(NC(=O)c2cccc(N3CCCC3)n2)cc1Cl. The van der Waals surface area contributed by atoms with Crippen LogP contribution >= 0.6 is 11.6 Å². The van der Waals surface area contributed by atoms with Crippen LogP contribution in [0.15, 0.2) is 36.4 Å². The van der Waals surface area contributed by atoms with Gasteiger partial charge in [-0.25, -0.2) is 4.98 Å². The zero-order valence-corrected chi connectivity index (χ0v) is 13.6. The molecule has 6 heteroatoms. The topological polar surface area (TPSA) is 54.5 Å². The number of amides is 1. The quantitative estimate of drug-likeness (QED) is 0.930. The number of nitrogens with one attached hydrogen (secondary N) is 1. The minimum Gasteiger partial charge on any atom is -0.495 e. The van der Waals surface area contributed by atoms with Gasteiger partial charge in [-0.05, 0) is 43.2 Å². The van der Waals surface area contributed by atoms with Crippen molar-refractivity contribution in [3.05, 3.63) is 47.1 Å². The lowest BCUT2D eigenvalue weighted by Crippen LogP contribution is -2.21. The van der Waals surface area contributed by atoms with Gasteiger partial charge in [0.15, 0.2) is 0 Å². The molecular weight excluding hydrogens is 314 g/mol. The highest BCUT2D eigenvalue weighted by Gasteiger charge is 2.16. The van der Waals surface area contributed by atoms with Crippen molar-refractivity contribution in [2.24, 2.45) is 0 Å². The fourth-order valence-electron chi connectivity index (χ4n) is 2.61. The van der Waals surface area contributed by atoms with E-state index in [0.29, 0.717) is 22.2 Å². The number of hydrogen-bond acceptors (Lipinski definition) is 4. The van der Waals surface area contributed by atoms with Gasteiger partial charge in [-0.15, -0.1) is 0 Å². The number of methoxy groups -OCH3 is 1. The Morgan fingerprint density at radius 1 is 1.26 bits per heavy atom. The Hall–Kier alpha value is -2.27. The van der Waals surface area contributed by atoms with Crippen LogP contribution in [0, 0.1) is 0 Å². The lowest BCUT2D eigenvalue weighted by molar-refractivity contribution is 0.102. The van der Waals surface area contributed by atoms with Crippen molar-refractivity contribution in [1.29, 1.82) is 0 Å². The summed E-state index contributed by atoms with van der Waals surface area (Å²) in [6.45, 7) is 1.98. The van der Waals surface area contributed by atoms with Crippen molar-refractivity contribution in [2.45, 2.75) is 12.8 Å². The summed E-state index contributed by atoms with van der Waals surface area (Å²) in [7, 11) is 1.55. The molecule has 0 bridgehead atoms. The normalized spacial score (nSPS) is 13.9. The Labute approximate surface area is 140 Å². The van der Waals surface area contributed by atoms with E-state index in [-0.39, 0.29) is 5.91 Å². The number of halogens is 1. The predicted molar refractivity (Wildman–Crippen MR) is 91.6 cm³/mol. The van der Waals surface area contributed by atoms with Crippen molar-refractivity contribution in [1.82, 2.24) is 4.98 Å². The van der Waals surface area contributed by atoms with Gasteiger partial charge in [-0.3, -0.25) is 4.79 Å². The second kappa shape index (κ2) is 6.87. The van der Waals surface area contributed by atoms with Crippen molar-refractivity contribution >= 4 is 29.0 Å². The first-order valence-corrected chi connectivity index (χ1v) is 7.92. The zero-order valence-electron chi connectivity index (χ0n) is 12.9. The third-order valence-electron chi connectivity index (χ3n) is 3.81. The number of rotatable bonds is 4. The van der Waals surface area contributed by atoms with Crippen LogP contribution in [-0.2, 0) is 0 Å². The molecule has 1 amide bonds. The molecule has 0 atom stereocenters. The number of carbonyl (C=O) groups excluding carboxylic acids is 1. The highest BCUT2D eigenvalue weighted by molar-refractivity contribution is 6.32. The van der Waals surface area contributed by atoms with Crippen LogP contribution in [0.2, 0.25) is 5.02 Å². The molecule has 1 fully saturated rings. The lowest BCUT2D eigenvalue weighted by atomic mass is 10.2. The molecule has 2 heterocycles. The van der Waals surface area contributed by atoms with Gasteiger partial charge in [0.2, 0.25) is 0 Å². The van der Waals surface area contributed by atoms with E-state index in [1.807, 2.05) is 12.1 Å². The molecule has 1 aromatic carbocycles. The first kappa shape index (κ1) is 15.6. The largest absolute Gasteiger partial charge is 0.495 e. The molecule has 1 N–H and O–H groups in total. The van der Waals surface area contributed by atoms with E-state index in [2.05, 4.69) is 15.2 Å². The first-order valence-electron chi connectivity index (χ1n) is 7.54. The van der Waals surface area contributed by atoms with Crippen molar-refractivity contribution in [3.63, 3.8) is 0 Å². The Kier molecular flexibility index (Phi) is 4.67. The molecule has 0 aliphatic carbocycles. The first-order chi connectivity index (χ1) is 11.2. The lowest BCUT2D eigenvalue weighted by Gasteiger charge is -2.16. The van der Waals surface area contributed by atoms with Crippen molar-refractivity contribution in [3.8, 4) is 5.75 Å². The highest BCUT2D eigenvalue weighted by atomic mass is 35.5. The third-order valence-corrected chi connectivity index (χ3v) is 4.10. The maximum Gasteiger partial charge on any atom is 0.274 e. The van der Waals surface area contributed by atoms with Gasteiger partial charge < -0.3 is 15.0 Å². The summed E-state index contributed by atoms with van der Waals surface area (Å²) >= 11 is 6.07. The molecule has 0 spiro atoms. The van der Waals surface area contributed by atoms with E-state index in [9.17, 15) is 4.79 Å². The minimum atomic E-state index is -0.257. The van der Waals surface area contributed by atoms with Gasteiger partial charge in [0.1, 0.15) is 17.3 Å². The Bertz CT molecular complexity index is 715. The molecule has 0 saturated carbocycles. The monoisotopic (exact) mass is 331 g/mol. The number of nitrogens with zero attached hydrogens (tertiary/aromatic N) is 2. The average Bonchev–Trinajstić information content (AvgIpc) is 3.10. The maximum absolute atomic E-state index is 12.4. The molecule has 1 saturated heterocycles. The Balaban J connectivity index is 1.75. The molecule has 1 aliphatic heterocycles. The number of benzene rings is 1. The molecule has 2 aromatic rings. The fourth-order valence-corrected chi connectivity index (χ4v) is 2.87. The third kappa shape index (κ3) is 3.56. The number of pyridine rings is 1. The summed E-state index contributed by atoms with van der Waals surface area (Å²) < 4.78 is 5.10. The van der Waals surface area contributed by atoms with Crippen LogP contribution in [-0.4, -0.2) is 31.1 Å².